The van der Waals surface area contributed by atoms with Gasteiger partial charge in [0.1, 0.15) is 0 Å². The second-order valence-electron chi connectivity index (χ2n) is 3.15. The first-order valence-electron chi connectivity index (χ1n) is 4.18. The molecule has 1 N–H and O–H groups in total. The molecule has 0 saturated heterocycles. The van der Waals surface area contributed by atoms with Gasteiger partial charge in [-0.05, 0) is 18.2 Å². The van der Waals surface area contributed by atoms with E-state index in [9.17, 15) is 0 Å². The molecular weight excluding hydrogens is 221 g/mol. The summed E-state index contributed by atoms with van der Waals surface area (Å²) in [5, 5.41) is 11.0. The van der Waals surface area contributed by atoms with Crippen molar-refractivity contribution < 1.29 is 5.11 Å². The van der Waals surface area contributed by atoms with Crippen LogP contribution in [0.25, 0.3) is 10.9 Å². The Morgan fingerprint density at radius 3 is 2.71 bits per heavy atom. The van der Waals surface area contributed by atoms with Crippen LogP contribution in [0.15, 0.2) is 18.2 Å². The SMILES string of the molecule is Cn1c(CO)cc2c(Cl)c(Cl)ccc21. The summed E-state index contributed by atoms with van der Waals surface area (Å²) < 4.78 is 1.90. The third kappa shape index (κ3) is 1.31. The van der Waals surface area contributed by atoms with Crippen molar-refractivity contribution in [2.75, 3.05) is 0 Å². The minimum absolute atomic E-state index is 0.000865. The van der Waals surface area contributed by atoms with Crippen molar-refractivity contribution in [3.05, 3.63) is 33.9 Å². The van der Waals surface area contributed by atoms with Crippen molar-refractivity contribution in [3.8, 4) is 0 Å². The van der Waals surface area contributed by atoms with Crippen LogP contribution in [0.1, 0.15) is 5.69 Å². The predicted octanol–water partition coefficient (Wildman–Crippen LogP) is 2.98. The first-order valence-corrected chi connectivity index (χ1v) is 4.94. The predicted molar refractivity (Wildman–Crippen MR) is 58.9 cm³/mol. The molecule has 1 heterocycles. The monoisotopic (exact) mass is 229 g/mol. The highest BCUT2D eigenvalue weighted by Gasteiger charge is 2.09. The molecule has 14 heavy (non-hydrogen) atoms. The van der Waals surface area contributed by atoms with E-state index in [0.717, 1.165) is 16.6 Å². The Morgan fingerprint density at radius 1 is 1.36 bits per heavy atom. The number of halogens is 2. The summed E-state index contributed by atoms with van der Waals surface area (Å²) >= 11 is 11.9. The van der Waals surface area contributed by atoms with Crippen LogP contribution in [0, 0.1) is 0 Å². The fourth-order valence-electron chi connectivity index (χ4n) is 1.56. The van der Waals surface area contributed by atoms with E-state index in [4.69, 9.17) is 28.3 Å². The Labute approximate surface area is 91.7 Å². The van der Waals surface area contributed by atoms with Gasteiger partial charge in [0.25, 0.3) is 0 Å². The summed E-state index contributed by atoms with van der Waals surface area (Å²) in [5.41, 5.74) is 1.80. The fourth-order valence-corrected chi connectivity index (χ4v) is 1.93. The van der Waals surface area contributed by atoms with Gasteiger partial charge >= 0.3 is 0 Å². The maximum Gasteiger partial charge on any atom is 0.0833 e. The number of nitrogens with zero attached hydrogens (tertiary/aromatic N) is 1. The molecule has 0 aliphatic heterocycles. The molecule has 0 atom stereocenters. The zero-order chi connectivity index (χ0) is 10.3. The number of hydrogen-bond donors (Lipinski definition) is 1. The lowest BCUT2D eigenvalue weighted by atomic mass is 10.2. The highest BCUT2D eigenvalue weighted by molar-refractivity contribution is 6.45. The van der Waals surface area contributed by atoms with Crippen molar-refractivity contribution in [2.24, 2.45) is 7.05 Å². The summed E-state index contributed by atoms with van der Waals surface area (Å²) in [6, 6.07) is 5.50. The van der Waals surface area contributed by atoms with Crippen molar-refractivity contribution in [3.63, 3.8) is 0 Å². The van der Waals surface area contributed by atoms with Gasteiger partial charge in [-0.1, -0.05) is 23.2 Å². The molecule has 1 aromatic heterocycles. The Hall–Kier alpha value is -0.700. The van der Waals surface area contributed by atoms with E-state index in [0.29, 0.717) is 10.0 Å². The topological polar surface area (TPSA) is 25.2 Å². The highest BCUT2D eigenvalue weighted by Crippen LogP contribution is 2.32. The van der Waals surface area contributed by atoms with Gasteiger partial charge in [-0.3, -0.25) is 0 Å². The third-order valence-electron chi connectivity index (χ3n) is 2.37. The number of hydrogen-bond acceptors (Lipinski definition) is 1. The number of rotatable bonds is 1. The van der Waals surface area contributed by atoms with E-state index in [2.05, 4.69) is 0 Å². The van der Waals surface area contributed by atoms with Gasteiger partial charge in [-0.2, -0.15) is 0 Å². The van der Waals surface area contributed by atoms with Gasteiger partial charge < -0.3 is 9.67 Å². The van der Waals surface area contributed by atoms with Crippen molar-refractivity contribution >= 4 is 34.1 Å². The van der Waals surface area contributed by atoms with E-state index in [1.54, 1.807) is 6.07 Å². The zero-order valence-corrected chi connectivity index (χ0v) is 9.10. The molecule has 0 unspecified atom stereocenters. The molecule has 0 aliphatic carbocycles. The Kier molecular flexibility index (Phi) is 2.43. The van der Waals surface area contributed by atoms with E-state index >= 15 is 0 Å². The lowest BCUT2D eigenvalue weighted by molar-refractivity contribution is 0.273. The molecule has 0 bridgehead atoms. The van der Waals surface area contributed by atoms with E-state index < -0.39 is 0 Å². The molecule has 0 spiro atoms. The Morgan fingerprint density at radius 2 is 2.07 bits per heavy atom. The molecule has 0 fully saturated rings. The number of fused-ring (bicyclic) bond motifs is 1. The number of aliphatic hydroxyl groups excluding tert-OH is 1. The van der Waals surface area contributed by atoms with Gasteiger partial charge in [0.05, 0.1) is 16.7 Å². The Balaban J connectivity index is 2.85. The maximum atomic E-state index is 9.08. The number of benzene rings is 1. The Bertz CT molecular complexity index is 490. The van der Waals surface area contributed by atoms with Crippen LogP contribution in [0.5, 0.6) is 0 Å². The molecule has 0 radical (unpaired) electrons. The standard InChI is InChI=1S/C10H9Cl2NO/c1-13-6(5-14)4-7-9(13)3-2-8(11)10(7)12/h2-4,14H,5H2,1H3. The molecule has 0 aliphatic rings. The molecule has 74 valence electrons. The first kappa shape index (κ1) is 9.84. The minimum Gasteiger partial charge on any atom is -0.390 e. The molecule has 1 aromatic carbocycles. The smallest absolute Gasteiger partial charge is 0.0833 e. The lowest BCUT2D eigenvalue weighted by Crippen LogP contribution is -1.94. The zero-order valence-electron chi connectivity index (χ0n) is 7.59. The molecule has 4 heteroatoms. The molecule has 2 aromatic rings. The van der Waals surface area contributed by atoms with Crippen LogP contribution in [-0.2, 0) is 13.7 Å². The number of aryl methyl sites for hydroxylation is 1. The van der Waals surface area contributed by atoms with Crippen LogP contribution in [-0.4, -0.2) is 9.67 Å². The second-order valence-corrected chi connectivity index (χ2v) is 3.93. The molecule has 2 nitrogen and oxygen atoms in total. The maximum absolute atomic E-state index is 9.08. The third-order valence-corrected chi connectivity index (χ3v) is 3.19. The first-order chi connectivity index (χ1) is 6.65. The summed E-state index contributed by atoms with van der Waals surface area (Å²) in [4.78, 5) is 0. The van der Waals surface area contributed by atoms with Gasteiger partial charge in [-0.25, -0.2) is 0 Å². The summed E-state index contributed by atoms with van der Waals surface area (Å²) in [7, 11) is 1.89. The van der Waals surface area contributed by atoms with E-state index in [1.165, 1.54) is 0 Å². The summed E-state index contributed by atoms with van der Waals surface area (Å²) in [6.45, 7) is -0.000865. The normalized spacial score (nSPS) is 11.1. The lowest BCUT2D eigenvalue weighted by Gasteiger charge is -2.01. The molecule has 0 amide bonds. The van der Waals surface area contributed by atoms with Crippen LogP contribution in [0.2, 0.25) is 10.0 Å². The van der Waals surface area contributed by atoms with Gasteiger partial charge in [0.2, 0.25) is 0 Å². The van der Waals surface area contributed by atoms with Crippen molar-refractivity contribution in [1.29, 1.82) is 0 Å². The van der Waals surface area contributed by atoms with Gasteiger partial charge in [0, 0.05) is 23.6 Å². The van der Waals surface area contributed by atoms with E-state index in [-0.39, 0.29) is 6.61 Å². The van der Waals surface area contributed by atoms with Crippen LogP contribution < -0.4 is 0 Å². The number of aromatic nitrogens is 1. The largest absolute Gasteiger partial charge is 0.390 e. The fraction of sp³-hybridized carbons (Fsp3) is 0.200. The minimum atomic E-state index is -0.000865. The molecule has 2 rings (SSSR count). The quantitative estimate of drug-likeness (QED) is 0.800. The van der Waals surface area contributed by atoms with Crippen LogP contribution in [0.4, 0.5) is 0 Å². The number of aliphatic hydroxyl groups is 1. The van der Waals surface area contributed by atoms with Crippen molar-refractivity contribution in [2.45, 2.75) is 6.61 Å². The summed E-state index contributed by atoms with van der Waals surface area (Å²) in [6.07, 6.45) is 0. The van der Waals surface area contributed by atoms with Gasteiger partial charge in [-0.15, -0.1) is 0 Å². The van der Waals surface area contributed by atoms with E-state index in [1.807, 2.05) is 23.7 Å². The van der Waals surface area contributed by atoms with Crippen LogP contribution in [0.3, 0.4) is 0 Å². The average Bonchev–Trinajstić information content (AvgIpc) is 2.50. The molecular formula is C10H9Cl2NO. The van der Waals surface area contributed by atoms with Crippen LogP contribution >= 0.6 is 23.2 Å². The highest BCUT2D eigenvalue weighted by atomic mass is 35.5. The molecule has 0 saturated carbocycles. The second kappa shape index (κ2) is 3.46. The summed E-state index contributed by atoms with van der Waals surface area (Å²) in [5.74, 6) is 0. The van der Waals surface area contributed by atoms with Gasteiger partial charge in [0.15, 0.2) is 0 Å². The van der Waals surface area contributed by atoms with Crippen molar-refractivity contribution in [1.82, 2.24) is 4.57 Å². The average molecular weight is 230 g/mol.